The van der Waals surface area contributed by atoms with Gasteiger partial charge in [-0.1, -0.05) is 30.3 Å². The minimum absolute atomic E-state index is 0.00505. The van der Waals surface area contributed by atoms with Gasteiger partial charge in [0.25, 0.3) is 0 Å². The molecule has 1 aliphatic heterocycles. The van der Waals surface area contributed by atoms with E-state index in [1.807, 2.05) is 30.3 Å². The largest absolute Gasteiger partial charge is 0.359 e. The summed E-state index contributed by atoms with van der Waals surface area (Å²) in [5, 5.41) is 2.96. The Morgan fingerprint density at radius 2 is 1.95 bits per heavy atom. The summed E-state index contributed by atoms with van der Waals surface area (Å²) < 4.78 is 0.897. The predicted molar refractivity (Wildman–Crippen MR) is 89.7 cm³/mol. The summed E-state index contributed by atoms with van der Waals surface area (Å²) in [5.41, 5.74) is 3.30. The van der Waals surface area contributed by atoms with E-state index in [9.17, 15) is 4.79 Å². The molecule has 0 aliphatic carbocycles. The molecule has 1 N–H and O–H groups in total. The molecule has 0 fully saturated rings. The molecular formula is C17H17BrN2O. The van der Waals surface area contributed by atoms with Crippen LogP contribution in [0, 0.1) is 0 Å². The zero-order valence-electron chi connectivity index (χ0n) is 11.8. The minimum Gasteiger partial charge on any atom is -0.359 e. The third-order valence-corrected chi connectivity index (χ3v) is 4.50. The van der Waals surface area contributed by atoms with Gasteiger partial charge in [0.05, 0.1) is 12.2 Å². The van der Waals surface area contributed by atoms with Crippen molar-refractivity contribution in [3.8, 4) is 0 Å². The monoisotopic (exact) mass is 344 g/mol. The number of halogens is 1. The molecule has 1 atom stereocenters. The third-order valence-electron chi connectivity index (χ3n) is 3.81. The number of amides is 1. The van der Waals surface area contributed by atoms with Gasteiger partial charge in [-0.3, -0.25) is 4.79 Å². The second-order valence-electron chi connectivity index (χ2n) is 5.34. The molecule has 1 amide bonds. The number of hydrogen-bond acceptors (Lipinski definition) is 2. The summed E-state index contributed by atoms with van der Waals surface area (Å²) in [6, 6.07) is 16.3. The maximum atomic E-state index is 12.3. The molecule has 4 heteroatoms. The lowest BCUT2D eigenvalue weighted by Gasteiger charge is -2.24. The molecule has 0 bridgehead atoms. The van der Waals surface area contributed by atoms with Gasteiger partial charge in [0.1, 0.15) is 0 Å². The number of carbonyl (C=O) groups is 1. The lowest BCUT2D eigenvalue weighted by atomic mass is 10.1. The van der Waals surface area contributed by atoms with Crippen LogP contribution in [-0.2, 0) is 11.2 Å². The van der Waals surface area contributed by atoms with Crippen molar-refractivity contribution in [1.82, 2.24) is 0 Å². The Hall–Kier alpha value is -1.81. The normalized spacial score (nSPS) is 16.7. The molecule has 0 saturated heterocycles. The molecule has 21 heavy (non-hydrogen) atoms. The first-order valence-electron chi connectivity index (χ1n) is 7.04. The zero-order valence-corrected chi connectivity index (χ0v) is 13.4. The van der Waals surface area contributed by atoms with Crippen molar-refractivity contribution in [3.63, 3.8) is 0 Å². The number of fused-ring (bicyclic) bond motifs is 1. The van der Waals surface area contributed by atoms with Crippen molar-refractivity contribution in [3.05, 3.63) is 58.6 Å². The molecule has 2 aromatic carbocycles. The summed E-state index contributed by atoms with van der Waals surface area (Å²) in [6.45, 7) is 2.53. The Balaban J connectivity index is 1.72. The van der Waals surface area contributed by atoms with Gasteiger partial charge in [0, 0.05) is 16.2 Å². The van der Waals surface area contributed by atoms with E-state index in [2.05, 4.69) is 51.3 Å². The van der Waals surface area contributed by atoms with Crippen LogP contribution >= 0.6 is 15.9 Å². The highest BCUT2D eigenvalue weighted by molar-refractivity contribution is 9.10. The highest BCUT2D eigenvalue weighted by Gasteiger charge is 2.27. The van der Waals surface area contributed by atoms with Gasteiger partial charge in [-0.15, -0.1) is 0 Å². The van der Waals surface area contributed by atoms with Gasteiger partial charge in [-0.25, -0.2) is 0 Å². The molecule has 3 rings (SSSR count). The van der Waals surface area contributed by atoms with E-state index in [4.69, 9.17) is 0 Å². The van der Waals surface area contributed by atoms with Crippen molar-refractivity contribution in [1.29, 1.82) is 0 Å². The number of carbonyl (C=O) groups excluding carboxylic acids is 1. The van der Waals surface area contributed by atoms with Crippen molar-refractivity contribution in [2.45, 2.75) is 19.4 Å². The van der Waals surface area contributed by atoms with Crippen LogP contribution in [0.25, 0.3) is 0 Å². The number of rotatable bonds is 3. The average molecular weight is 345 g/mol. The summed E-state index contributed by atoms with van der Waals surface area (Å²) >= 11 is 3.45. The lowest BCUT2D eigenvalue weighted by Crippen LogP contribution is -2.37. The number of benzene rings is 2. The molecule has 3 nitrogen and oxygen atoms in total. The first-order valence-corrected chi connectivity index (χ1v) is 7.83. The van der Waals surface area contributed by atoms with E-state index in [0.29, 0.717) is 12.6 Å². The molecule has 0 radical (unpaired) electrons. The molecule has 0 spiro atoms. The van der Waals surface area contributed by atoms with E-state index < -0.39 is 0 Å². The van der Waals surface area contributed by atoms with E-state index in [-0.39, 0.29) is 5.91 Å². The third kappa shape index (κ3) is 2.95. The summed E-state index contributed by atoms with van der Waals surface area (Å²) in [4.78, 5) is 14.5. The fraction of sp³-hybridized carbons (Fsp3) is 0.235. The molecule has 0 saturated carbocycles. The Bertz CT molecular complexity index is 671. The number of nitrogens with one attached hydrogen (secondary N) is 1. The molecule has 0 aromatic heterocycles. The van der Waals surface area contributed by atoms with Crippen molar-refractivity contribution < 1.29 is 4.79 Å². The molecule has 108 valence electrons. The van der Waals surface area contributed by atoms with E-state index in [1.54, 1.807) is 0 Å². The smallest absolute Gasteiger partial charge is 0.243 e. The number of hydrogen-bond donors (Lipinski definition) is 1. The van der Waals surface area contributed by atoms with Crippen LogP contribution < -0.4 is 10.2 Å². The maximum Gasteiger partial charge on any atom is 0.243 e. The fourth-order valence-corrected chi connectivity index (χ4v) is 3.16. The summed E-state index contributed by atoms with van der Waals surface area (Å²) in [7, 11) is 0. The molecular weight excluding hydrogens is 328 g/mol. The fourth-order valence-electron chi connectivity index (χ4n) is 2.78. The molecule has 0 unspecified atom stereocenters. The summed E-state index contributed by atoms with van der Waals surface area (Å²) in [6.07, 6.45) is 0.998. The number of anilines is 2. The van der Waals surface area contributed by atoms with Gasteiger partial charge < -0.3 is 10.2 Å². The van der Waals surface area contributed by atoms with E-state index in [0.717, 1.165) is 16.6 Å². The maximum absolute atomic E-state index is 12.3. The summed E-state index contributed by atoms with van der Waals surface area (Å²) in [5.74, 6) is 0.00505. The van der Waals surface area contributed by atoms with Gasteiger partial charge >= 0.3 is 0 Å². The van der Waals surface area contributed by atoms with E-state index >= 15 is 0 Å². The van der Waals surface area contributed by atoms with E-state index in [1.165, 1.54) is 11.3 Å². The molecule has 2 aromatic rings. The molecule has 1 heterocycles. The first-order chi connectivity index (χ1) is 10.1. The zero-order chi connectivity index (χ0) is 14.8. The van der Waals surface area contributed by atoms with Crippen LogP contribution in [0.4, 0.5) is 11.4 Å². The standard InChI is InChI=1S/C17H17BrN2O/c1-12-10-13-6-2-5-9-16(13)20(12)11-17(21)19-15-8-4-3-7-14(15)18/h2-9,12H,10-11H2,1H3,(H,19,21)/t12-/m1/s1. The lowest BCUT2D eigenvalue weighted by molar-refractivity contribution is -0.115. The Labute approximate surface area is 133 Å². The quantitative estimate of drug-likeness (QED) is 0.917. The van der Waals surface area contributed by atoms with Crippen LogP contribution in [-0.4, -0.2) is 18.5 Å². The van der Waals surface area contributed by atoms with Gasteiger partial charge in [-0.2, -0.15) is 0 Å². The second-order valence-corrected chi connectivity index (χ2v) is 6.19. The highest BCUT2D eigenvalue weighted by Crippen LogP contribution is 2.31. The SMILES string of the molecule is C[C@@H]1Cc2ccccc2N1CC(=O)Nc1ccccc1Br. The van der Waals surface area contributed by atoms with Crippen molar-refractivity contribution >= 4 is 33.2 Å². The van der Waals surface area contributed by atoms with Gasteiger partial charge in [0.15, 0.2) is 0 Å². The van der Waals surface area contributed by atoms with Crippen molar-refractivity contribution in [2.75, 3.05) is 16.8 Å². The van der Waals surface area contributed by atoms with Crippen LogP contribution in [0.5, 0.6) is 0 Å². The number of nitrogens with zero attached hydrogens (tertiary/aromatic N) is 1. The Morgan fingerprint density at radius 3 is 2.76 bits per heavy atom. The van der Waals surface area contributed by atoms with Gasteiger partial charge in [0.2, 0.25) is 5.91 Å². The minimum atomic E-state index is 0.00505. The van der Waals surface area contributed by atoms with Crippen LogP contribution in [0.15, 0.2) is 53.0 Å². The topological polar surface area (TPSA) is 32.3 Å². The second kappa shape index (κ2) is 5.90. The van der Waals surface area contributed by atoms with Crippen molar-refractivity contribution in [2.24, 2.45) is 0 Å². The highest BCUT2D eigenvalue weighted by atomic mass is 79.9. The predicted octanol–water partition coefficient (Wildman–Crippen LogP) is 3.84. The first kappa shape index (κ1) is 14.1. The number of para-hydroxylation sites is 2. The Morgan fingerprint density at radius 1 is 1.24 bits per heavy atom. The van der Waals surface area contributed by atoms with Crippen LogP contribution in [0.2, 0.25) is 0 Å². The van der Waals surface area contributed by atoms with Crippen LogP contribution in [0.1, 0.15) is 12.5 Å². The molecule has 1 aliphatic rings. The van der Waals surface area contributed by atoms with Gasteiger partial charge in [-0.05, 0) is 53.0 Å². The average Bonchev–Trinajstić information content (AvgIpc) is 2.78. The Kier molecular flexibility index (Phi) is 3.97. The van der Waals surface area contributed by atoms with Crippen LogP contribution in [0.3, 0.4) is 0 Å².